The zero-order chi connectivity index (χ0) is 17.7. The molecule has 0 atom stereocenters. The van der Waals surface area contributed by atoms with Gasteiger partial charge in [0.1, 0.15) is 5.65 Å². The van der Waals surface area contributed by atoms with E-state index >= 15 is 0 Å². The van der Waals surface area contributed by atoms with Crippen LogP contribution in [-0.2, 0) is 11.3 Å². The number of fused-ring (bicyclic) bond motifs is 1. The Morgan fingerprint density at radius 2 is 2.20 bits per heavy atom. The molecule has 0 aromatic carbocycles. The summed E-state index contributed by atoms with van der Waals surface area (Å²) in [5.74, 6) is 0.821. The maximum atomic E-state index is 5.26. The Morgan fingerprint density at radius 1 is 1.36 bits per heavy atom. The number of aromatic nitrogens is 2. The van der Waals surface area contributed by atoms with Gasteiger partial charge in [-0.25, -0.2) is 4.98 Å². The fourth-order valence-corrected chi connectivity index (χ4v) is 3.63. The third-order valence-electron chi connectivity index (χ3n) is 5.01. The number of hydrogen-bond acceptors (Lipinski definition) is 3. The first-order valence-corrected chi connectivity index (χ1v) is 9.50. The second kappa shape index (κ2) is 8.19. The summed E-state index contributed by atoms with van der Waals surface area (Å²) >= 11 is 3.48. The van der Waals surface area contributed by atoms with E-state index in [2.05, 4.69) is 36.5 Å². The van der Waals surface area contributed by atoms with E-state index in [4.69, 9.17) is 4.74 Å². The normalized spacial score (nSPS) is 16.7. The molecule has 2 heterocycles. The Hall–Kier alpha value is -1.60. The summed E-state index contributed by atoms with van der Waals surface area (Å²) in [7, 11) is 3.58. The molecule has 0 aliphatic heterocycles. The molecule has 0 amide bonds. The van der Waals surface area contributed by atoms with E-state index in [9.17, 15) is 0 Å². The standard InChI is InChI=1S/C18H26BrN5O/c1-20-17(22-13-18(6-3-7-18)8-9-25-2)21-10-15-12-24-11-14(19)4-5-16(24)23-15/h4-5,11-12H,3,6-10,13H2,1-2H3,(H2,20,21,22). The van der Waals surface area contributed by atoms with E-state index < -0.39 is 0 Å². The molecule has 0 bridgehead atoms. The predicted octanol–water partition coefficient (Wildman–Crippen LogP) is 2.97. The number of ether oxygens (including phenoxy) is 1. The van der Waals surface area contributed by atoms with E-state index in [1.54, 1.807) is 14.2 Å². The van der Waals surface area contributed by atoms with Gasteiger partial charge in [0.15, 0.2) is 5.96 Å². The molecular formula is C18H26BrN5O. The minimum Gasteiger partial charge on any atom is -0.385 e. The zero-order valence-electron chi connectivity index (χ0n) is 14.9. The number of nitrogens with zero attached hydrogens (tertiary/aromatic N) is 3. The Balaban J connectivity index is 1.53. The number of halogens is 1. The maximum absolute atomic E-state index is 5.26. The maximum Gasteiger partial charge on any atom is 0.191 e. The van der Waals surface area contributed by atoms with Crippen molar-refractivity contribution in [3.05, 3.63) is 34.7 Å². The molecule has 25 heavy (non-hydrogen) atoms. The molecule has 2 aromatic heterocycles. The van der Waals surface area contributed by atoms with Crippen molar-refractivity contribution in [2.24, 2.45) is 10.4 Å². The highest BCUT2D eigenvalue weighted by Crippen LogP contribution is 2.43. The number of nitrogens with one attached hydrogen (secondary N) is 2. The summed E-state index contributed by atoms with van der Waals surface area (Å²) < 4.78 is 8.32. The van der Waals surface area contributed by atoms with Crippen LogP contribution in [0.3, 0.4) is 0 Å². The first-order valence-electron chi connectivity index (χ1n) is 8.71. The molecule has 2 N–H and O–H groups in total. The molecule has 1 aliphatic carbocycles. The van der Waals surface area contributed by atoms with Crippen molar-refractivity contribution >= 4 is 27.5 Å². The first-order chi connectivity index (χ1) is 12.1. The van der Waals surface area contributed by atoms with Crippen LogP contribution in [0, 0.1) is 5.41 Å². The number of aliphatic imine (C=N–C) groups is 1. The molecule has 3 rings (SSSR count). The van der Waals surface area contributed by atoms with Crippen LogP contribution in [0.25, 0.3) is 5.65 Å². The minimum absolute atomic E-state index is 0.364. The van der Waals surface area contributed by atoms with E-state index in [0.29, 0.717) is 12.0 Å². The van der Waals surface area contributed by atoms with Gasteiger partial charge in [0.25, 0.3) is 0 Å². The highest BCUT2D eigenvalue weighted by molar-refractivity contribution is 9.10. The molecule has 0 saturated heterocycles. The molecule has 6 nitrogen and oxygen atoms in total. The SMILES string of the molecule is CN=C(NCc1cn2cc(Br)ccc2n1)NCC1(CCOC)CCC1. The van der Waals surface area contributed by atoms with Gasteiger partial charge in [-0.2, -0.15) is 0 Å². The fraction of sp³-hybridized carbons (Fsp3) is 0.556. The quantitative estimate of drug-likeness (QED) is 0.546. The van der Waals surface area contributed by atoms with Crippen molar-refractivity contribution in [2.75, 3.05) is 27.3 Å². The smallest absolute Gasteiger partial charge is 0.191 e. The average molecular weight is 408 g/mol. The summed E-state index contributed by atoms with van der Waals surface area (Å²) in [5, 5.41) is 6.83. The van der Waals surface area contributed by atoms with Crippen LogP contribution in [0.1, 0.15) is 31.4 Å². The number of imidazole rings is 1. The average Bonchev–Trinajstić information content (AvgIpc) is 2.98. The molecule has 0 spiro atoms. The number of rotatable bonds is 7. The molecule has 1 saturated carbocycles. The van der Waals surface area contributed by atoms with Crippen molar-refractivity contribution < 1.29 is 4.74 Å². The highest BCUT2D eigenvalue weighted by atomic mass is 79.9. The van der Waals surface area contributed by atoms with Gasteiger partial charge in [0, 0.05) is 44.2 Å². The van der Waals surface area contributed by atoms with Crippen LogP contribution >= 0.6 is 15.9 Å². The van der Waals surface area contributed by atoms with Crippen molar-refractivity contribution in [3.8, 4) is 0 Å². The molecule has 136 valence electrons. The van der Waals surface area contributed by atoms with Crippen molar-refractivity contribution in [1.29, 1.82) is 0 Å². The molecule has 0 radical (unpaired) electrons. The number of hydrogen-bond donors (Lipinski definition) is 2. The molecule has 2 aromatic rings. The number of guanidine groups is 1. The predicted molar refractivity (Wildman–Crippen MR) is 104 cm³/mol. The summed E-state index contributed by atoms with van der Waals surface area (Å²) in [5.41, 5.74) is 2.29. The lowest BCUT2D eigenvalue weighted by Crippen LogP contribution is -2.46. The van der Waals surface area contributed by atoms with Crippen LogP contribution in [-0.4, -0.2) is 42.7 Å². The number of methoxy groups -OCH3 is 1. The first kappa shape index (κ1) is 18.2. The lowest BCUT2D eigenvalue weighted by atomic mass is 9.67. The minimum atomic E-state index is 0.364. The zero-order valence-corrected chi connectivity index (χ0v) is 16.5. The van der Waals surface area contributed by atoms with Gasteiger partial charge in [-0.15, -0.1) is 0 Å². The third-order valence-corrected chi connectivity index (χ3v) is 5.48. The lowest BCUT2D eigenvalue weighted by Gasteiger charge is -2.42. The van der Waals surface area contributed by atoms with Crippen LogP contribution in [0.5, 0.6) is 0 Å². The van der Waals surface area contributed by atoms with Crippen LogP contribution < -0.4 is 10.6 Å². The molecular weight excluding hydrogens is 382 g/mol. The van der Waals surface area contributed by atoms with E-state index in [1.165, 1.54) is 19.3 Å². The summed E-state index contributed by atoms with van der Waals surface area (Å²) in [6, 6.07) is 3.99. The lowest BCUT2D eigenvalue weighted by molar-refractivity contribution is 0.0732. The van der Waals surface area contributed by atoms with Crippen molar-refractivity contribution in [2.45, 2.75) is 32.2 Å². The molecule has 7 heteroatoms. The largest absolute Gasteiger partial charge is 0.385 e. The summed E-state index contributed by atoms with van der Waals surface area (Å²) in [4.78, 5) is 8.95. The molecule has 0 unspecified atom stereocenters. The topological polar surface area (TPSA) is 63.0 Å². The van der Waals surface area contributed by atoms with E-state index in [-0.39, 0.29) is 0 Å². The fourth-order valence-electron chi connectivity index (χ4n) is 3.28. The van der Waals surface area contributed by atoms with Gasteiger partial charge in [-0.1, -0.05) is 6.42 Å². The second-order valence-corrected chi connectivity index (χ2v) is 7.64. The van der Waals surface area contributed by atoms with Gasteiger partial charge in [-0.05, 0) is 52.7 Å². The van der Waals surface area contributed by atoms with Gasteiger partial charge in [0.2, 0.25) is 0 Å². The van der Waals surface area contributed by atoms with Crippen molar-refractivity contribution in [1.82, 2.24) is 20.0 Å². The Kier molecular flexibility index (Phi) is 5.96. The van der Waals surface area contributed by atoms with Gasteiger partial charge in [0.05, 0.1) is 12.2 Å². The van der Waals surface area contributed by atoms with Gasteiger partial charge < -0.3 is 19.8 Å². The van der Waals surface area contributed by atoms with Crippen LogP contribution in [0.4, 0.5) is 0 Å². The molecule has 1 aliphatic rings. The Labute approximate surface area is 157 Å². The second-order valence-electron chi connectivity index (χ2n) is 6.72. The van der Waals surface area contributed by atoms with Crippen LogP contribution in [0.2, 0.25) is 0 Å². The molecule has 1 fully saturated rings. The van der Waals surface area contributed by atoms with E-state index in [1.807, 2.05) is 28.9 Å². The van der Waals surface area contributed by atoms with Gasteiger partial charge >= 0.3 is 0 Å². The monoisotopic (exact) mass is 407 g/mol. The highest BCUT2D eigenvalue weighted by Gasteiger charge is 2.36. The summed E-state index contributed by atoms with van der Waals surface area (Å²) in [6.45, 7) is 2.41. The Bertz CT molecular complexity index is 738. The van der Waals surface area contributed by atoms with E-state index in [0.717, 1.165) is 41.3 Å². The summed E-state index contributed by atoms with van der Waals surface area (Å²) in [6.07, 6.45) is 8.99. The third kappa shape index (κ3) is 4.52. The number of pyridine rings is 1. The Morgan fingerprint density at radius 3 is 2.88 bits per heavy atom. The van der Waals surface area contributed by atoms with Gasteiger partial charge in [-0.3, -0.25) is 4.99 Å². The van der Waals surface area contributed by atoms with Crippen molar-refractivity contribution in [3.63, 3.8) is 0 Å². The van der Waals surface area contributed by atoms with Crippen LogP contribution in [0.15, 0.2) is 34.0 Å².